The molecule has 2 aromatic rings. The highest BCUT2D eigenvalue weighted by Crippen LogP contribution is 2.17. The number of hydrogen-bond donors (Lipinski definition) is 1. The highest BCUT2D eigenvalue weighted by atomic mass is 32.2. The summed E-state index contributed by atoms with van der Waals surface area (Å²) >= 11 is 1.51. The topological polar surface area (TPSA) is 54.9 Å². The highest BCUT2D eigenvalue weighted by Gasteiger charge is 2.10. The maximum Gasteiger partial charge on any atom is 0.220 e. The lowest BCUT2D eigenvalue weighted by Crippen LogP contribution is -2.23. The van der Waals surface area contributed by atoms with Gasteiger partial charge in [-0.25, -0.2) is 14.4 Å². The number of carbonyl (C=O) groups is 1. The number of hydrogen-bond acceptors (Lipinski definition) is 4. The molecular weight excluding hydrogens is 313 g/mol. The van der Waals surface area contributed by atoms with Crippen molar-refractivity contribution in [1.82, 2.24) is 15.3 Å². The molecule has 0 unspecified atom stereocenters. The first kappa shape index (κ1) is 17.4. The van der Waals surface area contributed by atoms with Crippen LogP contribution in [0.1, 0.15) is 28.9 Å². The maximum absolute atomic E-state index is 12.8. The second kappa shape index (κ2) is 8.06. The van der Waals surface area contributed by atoms with E-state index in [2.05, 4.69) is 15.3 Å². The molecule has 0 bridgehead atoms. The molecule has 0 aliphatic heterocycles. The van der Waals surface area contributed by atoms with Crippen molar-refractivity contribution >= 4 is 17.7 Å². The maximum atomic E-state index is 12.8. The van der Waals surface area contributed by atoms with Gasteiger partial charge in [-0.1, -0.05) is 23.9 Å². The van der Waals surface area contributed by atoms with Gasteiger partial charge in [0, 0.05) is 24.4 Å². The fourth-order valence-corrected chi connectivity index (χ4v) is 2.75. The molecule has 1 aromatic heterocycles. The zero-order chi connectivity index (χ0) is 16.8. The van der Waals surface area contributed by atoms with Gasteiger partial charge in [0.2, 0.25) is 5.91 Å². The number of halogens is 1. The summed E-state index contributed by atoms with van der Waals surface area (Å²) in [6, 6.07) is 6.11. The van der Waals surface area contributed by atoms with Gasteiger partial charge in [-0.05, 0) is 49.8 Å². The van der Waals surface area contributed by atoms with E-state index in [9.17, 15) is 9.18 Å². The summed E-state index contributed by atoms with van der Waals surface area (Å²) in [5, 5.41) is 3.60. The number of benzene rings is 1. The zero-order valence-electron chi connectivity index (χ0n) is 13.5. The molecule has 0 saturated carbocycles. The van der Waals surface area contributed by atoms with Crippen LogP contribution in [0.5, 0.6) is 0 Å². The van der Waals surface area contributed by atoms with Crippen LogP contribution in [0.25, 0.3) is 0 Å². The summed E-state index contributed by atoms with van der Waals surface area (Å²) in [5.74, 6) is -0.318. The molecule has 23 heavy (non-hydrogen) atoms. The summed E-state index contributed by atoms with van der Waals surface area (Å²) in [4.78, 5) is 20.8. The highest BCUT2D eigenvalue weighted by molar-refractivity contribution is 7.98. The van der Waals surface area contributed by atoms with E-state index in [1.165, 1.54) is 23.9 Å². The second-order valence-corrected chi connectivity index (χ2v) is 6.04. The van der Waals surface area contributed by atoms with Crippen LogP contribution in [-0.4, -0.2) is 22.1 Å². The minimum absolute atomic E-state index is 0.0398. The van der Waals surface area contributed by atoms with E-state index >= 15 is 0 Å². The first-order valence-electron chi connectivity index (χ1n) is 7.39. The van der Waals surface area contributed by atoms with E-state index in [1.54, 1.807) is 12.1 Å². The lowest BCUT2D eigenvalue weighted by Gasteiger charge is -2.10. The van der Waals surface area contributed by atoms with Crippen LogP contribution in [0.2, 0.25) is 0 Å². The molecule has 2 rings (SSSR count). The predicted octanol–water partition coefficient (Wildman–Crippen LogP) is 3.20. The van der Waals surface area contributed by atoms with Crippen molar-refractivity contribution in [1.29, 1.82) is 0 Å². The molecule has 122 valence electrons. The molecule has 1 amide bonds. The third-order valence-corrected chi connectivity index (χ3v) is 4.14. The third kappa shape index (κ3) is 5.03. The number of carbonyl (C=O) groups excluding carboxylic acids is 1. The molecule has 0 aliphatic rings. The van der Waals surface area contributed by atoms with Crippen molar-refractivity contribution in [3.63, 3.8) is 0 Å². The molecule has 0 fully saturated rings. The van der Waals surface area contributed by atoms with Crippen molar-refractivity contribution in [2.45, 2.75) is 38.4 Å². The monoisotopic (exact) mass is 333 g/mol. The number of nitrogens with zero attached hydrogens (tertiary/aromatic N) is 2. The van der Waals surface area contributed by atoms with Gasteiger partial charge in [0.05, 0.1) is 0 Å². The van der Waals surface area contributed by atoms with Gasteiger partial charge in [-0.3, -0.25) is 4.79 Å². The van der Waals surface area contributed by atoms with Crippen molar-refractivity contribution < 1.29 is 9.18 Å². The molecule has 1 N–H and O–H groups in total. The first-order valence-corrected chi connectivity index (χ1v) is 8.61. The van der Waals surface area contributed by atoms with Gasteiger partial charge in [-0.2, -0.15) is 0 Å². The molecule has 0 atom stereocenters. The van der Waals surface area contributed by atoms with E-state index < -0.39 is 0 Å². The number of nitrogens with one attached hydrogen (secondary N) is 1. The fourth-order valence-electron chi connectivity index (χ4n) is 2.29. The van der Waals surface area contributed by atoms with Crippen LogP contribution in [-0.2, 0) is 17.8 Å². The molecule has 4 nitrogen and oxygen atoms in total. The Morgan fingerprint density at radius 2 is 1.78 bits per heavy atom. The lowest BCUT2D eigenvalue weighted by molar-refractivity contribution is -0.121. The Kier molecular flexibility index (Phi) is 6.10. The van der Waals surface area contributed by atoms with E-state index in [4.69, 9.17) is 0 Å². The summed E-state index contributed by atoms with van der Waals surface area (Å²) in [6.45, 7) is 4.29. The van der Waals surface area contributed by atoms with Crippen LogP contribution in [0, 0.1) is 19.7 Å². The fraction of sp³-hybridized carbons (Fsp3) is 0.353. The Bertz CT molecular complexity index is 666. The van der Waals surface area contributed by atoms with Crippen molar-refractivity contribution in [3.8, 4) is 0 Å². The SMILES string of the molecule is CSc1nc(C)c(CCC(=O)NCc2ccc(F)cc2)c(C)n1. The van der Waals surface area contributed by atoms with E-state index in [-0.39, 0.29) is 11.7 Å². The van der Waals surface area contributed by atoms with Crippen molar-refractivity contribution in [2.24, 2.45) is 0 Å². The molecule has 0 saturated heterocycles. The molecule has 6 heteroatoms. The minimum Gasteiger partial charge on any atom is -0.352 e. The smallest absolute Gasteiger partial charge is 0.220 e. The molecule has 0 aliphatic carbocycles. The molecule has 0 spiro atoms. The Hall–Kier alpha value is -1.95. The second-order valence-electron chi connectivity index (χ2n) is 5.26. The van der Waals surface area contributed by atoms with Gasteiger partial charge in [0.25, 0.3) is 0 Å². The van der Waals surface area contributed by atoms with Gasteiger partial charge >= 0.3 is 0 Å². The van der Waals surface area contributed by atoms with Crippen LogP contribution in [0.15, 0.2) is 29.4 Å². The Labute approximate surface area is 139 Å². The molecule has 1 aromatic carbocycles. The van der Waals surface area contributed by atoms with Crippen molar-refractivity contribution in [3.05, 3.63) is 52.6 Å². The molecule has 1 heterocycles. The zero-order valence-corrected chi connectivity index (χ0v) is 14.3. The van der Waals surface area contributed by atoms with Crippen molar-refractivity contribution in [2.75, 3.05) is 6.26 Å². The number of aryl methyl sites for hydroxylation is 2. The number of aromatic nitrogens is 2. The number of rotatable bonds is 6. The lowest BCUT2D eigenvalue weighted by atomic mass is 10.1. The predicted molar refractivity (Wildman–Crippen MR) is 89.9 cm³/mol. The van der Waals surface area contributed by atoms with Crippen LogP contribution in [0.4, 0.5) is 4.39 Å². The van der Waals surface area contributed by atoms with Crippen LogP contribution >= 0.6 is 11.8 Å². The quantitative estimate of drug-likeness (QED) is 0.651. The normalized spacial score (nSPS) is 10.6. The largest absolute Gasteiger partial charge is 0.352 e. The van der Waals surface area contributed by atoms with Crippen LogP contribution in [0.3, 0.4) is 0 Å². The van der Waals surface area contributed by atoms with Gasteiger partial charge in [-0.15, -0.1) is 0 Å². The van der Waals surface area contributed by atoms with Gasteiger partial charge in [0.15, 0.2) is 5.16 Å². The Morgan fingerprint density at radius 3 is 2.35 bits per heavy atom. The standard InChI is InChI=1S/C17H20FN3OS/c1-11-15(12(2)21-17(20-11)23-3)8-9-16(22)19-10-13-4-6-14(18)7-5-13/h4-7H,8-10H2,1-3H3,(H,19,22). The summed E-state index contributed by atoms with van der Waals surface area (Å²) in [6.07, 6.45) is 2.93. The number of amides is 1. The summed E-state index contributed by atoms with van der Waals surface area (Å²) in [7, 11) is 0. The van der Waals surface area contributed by atoms with Gasteiger partial charge in [0.1, 0.15) is 5.82 Å². The first-order chi connectivity index (χ1) is 11.0. The minimum atomic E-state index is -0.278. The van der Waals surface area contributed by atoms with Gasteiger partial charge < -0.3 is 5.32 Å². The molecule has 0 radical (unpaired) electrons. The summed E-state index contributed by atoms with van der Waals surface area (Å²) in [5.41, 5.74) is 3.75. The Balaban J connectivity index is 1.88. The average molecular weight is 333 g/mol. The van der Waals surface area contributed by atoms with Crippen LogP contribution < -0.4 is 5.32 Å². The van der Waals surface area contributed by atoms with E-state index in [1.807, 2.05) is 20.1 Å². The third-order valence-electron chi connectivity index (χ3n) is 3.59. The summed E-state index contributed by atoms with van der Waals surface area (Å²) < 4.78 is 12.8. The van der Waals surface area contributed by atoms with E-state index in [0.717, 1.165) is 27.7 Å². The Morgan fingerprint density at radius 1 is 1.17 bits per heavy atom. The molecular formula is C17H20FN3OS. The van der Waals surface area contributed by atoms with E-state index in [0.29, 0.717) is 19.4 Å². The average Bonchev–Trinajstić information content (AvgIpc) is 2.53. The number of thioether (sulfide) groups is 1.